The molecule has 1 amide bonds. The van der Waals surface area contributed by atoms with Crippen molar-refractivity contribution in [3.05, 3.63) is 110 Å². The van der Waals surface area contributed by atoms with E-state index in [1.807, 2.05) is 68.7 Å². The van der Waals surface area contributed by atoms with E-state index >= 15 is 0 Å². The molecular weight excluding hydrogens is 520 g/mol. The first-order valence-corrected chi connectivity index (χ1v) is 12.7. The Balaban J connectivity index is 1.50. The zero-order valence-corrected chi connectivity index (χ0v) is 21.8. The monoisotopic (exact) mass is 546 g/mol. The molecule has 1 atom stereocenters. The Kier molecular flexibility index (Phi) is 6.94. The van der Waals surface area contributed by atoms with Crippen LogP contribution in [0.2, 0.25) is 0 Å². The summed E-state index contributed by atoms with van der Waals surface area (Å²) in [5, 5.41) is 0.457. The molecule has 36 heavy (non-hydrogen) atoms. The summed E-state index contributed by atoms with van der Waals surface area (Å²) in [7, 11) is 4.00. The lowest BCUT2D eigenvalue weighted by Crippen LogP contribution is -2.32. The second-order valence-electron chi connectivity index (χ2n) is 9.22. The highest BCUT2D eigenvalue weighted by Crippen LogP contribution is 2.39. The van der Waals surface area contributed by atoms with Crippen LogP contribution in [0.3, 0.4) is 0 Å². The van der Waals surface area contributed by atoms with Gasteiger partial charge in [0.1, 0.15) is 17.9 Å². The van der Waals surface area contributed by atoms with Gasteiger partial charge in [0.2, 0.25) is 5.76 Å². The third-order valence-corrected chi connectivity index (χ3v) is 6.87. The summed E-state index contributed by atoms with van der Waals surface area (Å²) in [6, 6.07) is 22.4. The molecule has 0 saturated heterocycles. The SMILES string of the molecule is CN(C)CCCN1C(=O)c2oc3ccc(Br)cc3c(=O)c2C1c1ccc(OCc2ccccc2)cc1. The molecule has 1 unspecified atom stereocenters. The minimum atomic E-state index is -0.516. The Bertz CT molecular complexity index is 1450. The molecule has 1 aliphatic heterocycles. The standard InChI is InChI=1S/C29H27BrN2O4/c1-31(2)15-6-16-32-26(20-9-12-22(13-10-20)35-18-19-7-4-3-5-8-19)25-27(33)23-17-21(30)11-14-24(23)36-28(25)29(32)34/h3-5,7-14,17,26H,6,15-16,18H2,1-2H3. The van der Waals surface area contributed by atoms with Crippen LogP contribution in [-0.4, -0.2) is 42.9 Å². The Morgan fingerprint density at radius 2 is 1.75 bits per heavy atom. The summed E-state index contributed by atoms with van der Waals surface area (Å²) in [5.41, 5.74) is 2.56. The average Bonchev–Trinajstić information content (AvgIpc) is 3.16. The minimum absolute atomic E-state index is 0.133. The summed E-state index contributed by atoms with van der Waals surface area (Å²) < 4.78 is 12.8. The molecule has 0 fully saturated rings. The number of nitrogens with zero attached hydrogens (tertiary/aromatic N) is 2. The number of ether oxygens (including phenoxy) is 1. The van der Waals surface area contributed by atoms with E-state index in [4.69, 9.17) is 9.15 Å². The van der Waals surface area contributed by atoms with Gasteiger partial charge in [0.05, 0.1) is 17.0 Å². The number of halogens is 1. The van der Waals surface area contributed by atoms with Gasteiger partial charge in [-0.15, -0.1) is 0 Å². The van der Waals surface area contributed by atoms with Crippen molar-refractivity contribution >= 4 is 32.8 Å². The van der Waals surface area contributed by atoms with Crippen LogP contribution in [-0.2, 0) is 6.61 Å². The number of rotatable bonds is 8. The summed E-state index contributed by atoms with van der Waals surface area (Å²) in [4.78, 5) is 31.0. The molecule has 7 heteroatoms. The van der Waals surface area contributed by atoms with Gasteiger partial charge >= 0.3 is 0 Å². The van der Waals surface area contributed by atoms with E-state index in [0.29, 0.717) is 29.7 Å². The van der Waals surface area contributed by atoms with Gasteiger partial charge < -0.3 is 19.0 Å². The van der Waals surface area contributed by atoms with Crippen molar-refractivity contribution in [2.75, 3.05) is 27.2 Å². The predicted molar refractivity (Wildman–Crippen MR) is 143 cm³/mol. The van der Waals surface area contributed by atoms with Gasteiger partial charge in [0, 0.05) is 11.0 Å². The maximum absolute atomic E-state index is 13.7. The summed E-state index contributed by atoms with van der Waals surface area (Å²) >= 11 is 3.44. The maximum Gasteiger partial charge on any atom is 0.290 e. The van der Waals surface area contributed by atoms with E-state index in [2.05, 4.69) is 20.8 Å². The third-order valence-electron chi connectivity index (χ3n) is 6.38. The molecule has 0 bridgehead atoms. The van der Waals surface area contributed by atoms with Crippen molar-refractivity contribution in [1.82, 2.24) is 9.80 Å². The molecule has 0 N–H and O–H groups in total. The number of hydrogen-bond acceptors (Lipinski definition) is 5. The molecule has 0 spiro atoms. The van der Waals surface area contributed by atoms with E-state index in [1.165, 1.54) is 0 Å². The molecule has 5 rings (SSSR count). The normalized spacial score (nSPS) is 15.1. The van der Waals surface area contributed by atoms with E-state index in [9.17, 15) is 9.59 Å². The fourth-order valence-electron chi connectivity index (χ4n) is 4.61. The first-order chi connectivity index (χ1) is 17.4. The van der Waals surface area contributed by atoms with Crippen molar-refractivity contribution in [3.63, 3.8) is 0 Å². The number of fused-ring (bicyclic) bond motifs is 2. The zero-order chi connectivity index (χ0) is 25.2. The molecule has 6 nitrogen and oxygen atoms in total. The Morgan fingerprint density at radius 1 is 1.00 bits per heavy atom. The van der Waals surface area contributed by atoms with Crippen LogP contribution < -0.4 is 10.2 Å². The fourth-order valence-corrected chi connectivity index (χ4v) is 4.98. The van der Waals surface area contributed by atoms with Crippen LogP contribution >= 0.6 is 15.9 Å². The average molecular weight is 547 g/mol. The molecule has 2 heterocycles. The molecular formula is C29H27BrN2O4. The second-order valence-corrected chi connectivity index (χ2v) is 10.1. The zero-order valence-electron chi connectivity index (χ0n) is 20.2. The van der Waals surface area contributed by atoms with E-state index in [1.54, 1.807) is 23.1 Å². The summed E-state index contributed by atoms with van der Waals surface area (Å²) in [5.74, 6) is 0.606. The number of carbonyl (C=O) groups is 1. The third kappa shape index (κ3) is 4.81. The number of benzene rings is 3. The van der Waals surface area contributed by atoms with E-state index in [0.717, 1.165) is 34.3 Å². The van der Waals surface area contributed by atoms with Crippen molar-refractivity contribution in [1.29, 1.82) is 0 Å². The van der Waals surface area contributed by atoms with Crippen LogP contribution in [0, 0.1) is 0 Å². The number of amides is 1. The predicted octanol–water partition coefficient (Wildman–Crippen LogP) is 5.63. The first-order valence-electron chi connectivity index (χ1n) is 11.9. The van der Waals surface area contributed by atoms with Crippen molar-refractivity contribution in [2.24, 2.45) is 0 Å². The highest BCUT2D eigenvalue weighted by molar-refractivity contribution is 9.10. The van der Waals surface area contributed by atoms with Gasteiger partial charge in [0.15, 0.2) is 5.43 Å². The molecule has 0 aliphatic carbocycles. The van der Waals surface area contributed by atoms with Crippen molar-refractivity contribution in [3.8, 4) is 5.75 Å². The van der Waals surface area contributed by atoms with Crippen LogP contribution in [0.5, 0.6) is 5.75 Å². The number of carbonyl (C=O) groups excluding carboxylic acids is 1. The highest BCUT2D eigenvalue weighted by atomic mass is 79.9. The van der Waals surface area contributed by atoms with Gasteiger partial charge in [-0.2, -0.15) is 0 Å². The van der Waals surface area contributed by atoms with Gasteiger partial charge in [-0.1, -0.05) is 58.4 Å². The minimum Gasteiger partial charge on any atom is -0.489 e. The summed E-state index contributed by atoms with van der Waals surface area (Å²) in [6.07, 6.45) is 0.779. The lowest BCUT2D eigenvalue weighted by atomic mass is 9.98. The van der Waals surface area contributed by atoms with Gasteiger partial charge in [-0.05, 0) is 68.5 Å². The topological polar surface area (TPSA) is 63.0 Å². The Morgan fingerprint density at radius 3 is 2.47 bits per heavy atom. The lowest BCUT2D eigenvalue weighted by Gasteiger charge is -2.26. The smallest absolute Gasteiger partial charge is 0.290 e. The van der Waals surface area contributed by atoms with Gasteiger partial charge in [0.25, 0.3) is 5.91 Å². The van der Waals surface area contributed by atoms with Crippen LogP contribution in [0.15, 0.2) is 86.5 Å². The lowest BCUT2D eigenvalue weighted by molar-refractivity contribution is 0.0722. The molecule has 4 aromatic rings. The number of hydrogen-bond donors (Lipinski definition) is 0. The Labute approximate surface area is 218 Å². The molecule has 1 aromatic heterocycles. The molecule has 1 aliphatic rings. The first kappa shape index (κ1) is 24.3. The van der Waals surface area contributed by atoms with Crippen molar-refractivity contribution < 1.29 is 13.9 Å². The fraction of sp³-hybridized carbons (Fsp3) is 0.241. The second kappa shape index (κ2) is 10.3. The van der Waals surface area contributed by atoms with E-state index in [-0.39, 0.29) is 17.1 Å². The highest BCUT2D eigenvalue weighted by Gasteiger charge is 2.42. The molecule has 3 aromatic carbocycles. The van der Waals surface area contributed by atoms with Crippen molar-refractivity contribution in [2.45, 2.75) is 19.1 Å². The van der Waals surface area contributed by atoms with E-state index < -0.39 is 6.04 Å². The molecule has 0 radical (unpaired) electrons. The quantitative estimate of drug-likeness (QED) is 0.286. The van der Waals surface area contributed by atoms with Gasteiger partial charge in [-0.25, -0.2) is 0 Å². The van der Waals surface area contributed by atoms with Crippen LogP contribution in [0.1, 0.15) is 39.7 Å². The summed E-state index contributed by atoms with van der Waals surface area (Å²) in [6.45, 7) is 1.80. The largest absolute Gasteiger partial charge is 0.489 e. The Hall–Kier alpha value is -3.42. The maximum atomic E-state index is 13.7. The van der Waals surface area contributed by atoms with Gasteiger partial charge in [-0.3, -0.25) is 9.59 Å². The van der Waals surface area contributed by atoms with Crippen LogP contribution in [0.25, 0.3) is 11.0 Å². The molecule has 0 saturated carbocycles. The van der Waals surface area contributed by atoms with Crippen LogP contribution in [0.4, 0.5) is 0 Å². The molecule has 184 valence electrons.